The highest BCUT2D eigenvalue weighted by Crippen LogP contribution is 2.29. The summed E-state index contributed by atoms with van der Waals surface area (Å²) in [4.78, 5) is 24.9. The lowest BCUT2D eigenvalue weighted by molar-refractivity contribution is 0.127. The van der Waals surface area contributed by atoms with Gasteiger partial charge in [-0.1, -0.05) is 12.1 Å². The van der Waals surface area contributed by atoms with E-state index in [-0.39, 0.29) is 30.2 Å². The number of nitrogens with zero attached hydrogens (tertiary/aromatic N) is 1. The van der Waals surface area contributed by atoms with E-state index in [2.05, 4.69) is 10.0 Å². The van der Waals surface area contributed by atoms with Crippen LogP contribution in [0.5, 0.6) is 0 Å². The van der Waals surface area contributed by atoms with E-state index in [4.69, 9.17) is 9.47 Å². The van der Waals surface area contributed by atoms with Crippen LogP contribution in [0.4, 0.5) is 19.7 Å². The van der Waals surface area contributed by atoms with Crippen LogP contribution in [0.2, 0.25) is 0 Å². The summed E-state index contributed by atoms with van der Waals surface area (Å²) in [7, 11) is -2.28. The standard InChI is InChI=1S/C20H22FN3O6S/c1-3-29-19(25)23-11-15-12-24(20(26)30-15)14-6-9-17(18(21)10-14)13-4-7-16(8-5-13)31(27,28)22-2/h4-10,15,22H,3,11-12H2,1-2H3,(H,23,25)/t15-/m0/s1. The molecule has 0 aromatic heterocycles. The van der Waals surface area contributed by atoms with Gasteiger partial charge < -0.3 is 14.8 Å². The van der Waals surface area contributed by atoms with Crippen LogP contribution < -0.4 is 14.9 Å². The Morgan fingerprint density at radius 3 is 2.58 bits per heavy atom. The average molecular weight is 451 g/mol. The number of nitrogens with one attached hydrogen (secondary N) is 2. The van der Waals surface area contributed by atoms with Gasteiger partial charge in [-0.15, -0.1) is 0 Å². The van der Waals surface area contributed by atoms with Crippen molar-refractivity contribution in [2.45, 2.75) is 17.9 Å². The van der Waals surface area contributed by atoms with Gasteiger partial charge in [-0.05, 0) is 49.9 Å². The van der Waals surface area contributed by atoms with Crippen LogP contribution in [0.25, 0.3) is 11.1 Å². The fraction of sp³-hybridized carbons (Fsp3) is 0.300. The first-order valence-electron chi connectivity index (χ1n) is 9.47. The average Bonchev–Trinajstić information content (AvgIpc) is 3.13. The van der Waals surface area contributed by atoms with Gasteiger partial charge in [0.2, 0.25) is 10.0 Å². The maximum absolute atomic E-state index is 14.8. The molecule has 0 radical (unpaired) electrons. The lowest BCUT2D eigenvalue weighted by atomic mass is 10.0. The van der Waals surface area contributed by atoms with E-state index in [9.17, 15) is 22.4 Å². The normalized spacial score (nSPS) is 16.2. The SMILES string of the molecule is CCOC(=O)NC[C@H]1CN(c2ccc(-c3ccc(S(=O)(=O)NC)cc3)c(F)c2)C(=O)O1. The number of hydrogen-bond donors (Lipinski definition) is 2. The first-order chi connectivity index (χ1) is 14.7. The third kappa shape index (κ3) is 5.12. The molecule has 3 rings (SSSR count). The van der Waals surface area contributed by atoms with Crippen molar-refractivity contribution >= 4 is 27.9 Å². The van der Waals surface area contributed by atoms with Crippen LogP contribution in [-0.4, -0.2) is 53.5 Å². The van der Waals surface area contributed by atoms with Gasteiger partial charge in [0.25, 0.3) is 0 Å². The lowest BCUT2D eigenvalue weighted by Crippen LogP contribution is -2.35. The number of cyclic esters (lactones) is 1. The van der Waals surface area contributed by atoms with E-state index in [1.165, 1.54) is 48.3 Å². The van der Waals surface area contributed by atoms with E-state index in [0.717, 1.165) is 0 Å². The number of sulfonamides is 1. The number of hydrogen-bond acceptors (Lipinski definition) is 6. The Labute approximate surface area is 179 Å². The van der Waals surface area contributed by atoms with Crippen molar-refractivity contribution in [2.75, 3.05) is 31.6 Å². The van der Waals surface area contributed by atoms with Crippen molar-refractivity contribution in [1.29, 1.82) is 0 Å². The first-order valence-corrected chi connectivity index (χ1v) is 11.0. The van der Waals surface area contributed by atoms with Crippen LogP contribution in [0, 0.1) is 5.82 Å². The van der Waals surface area contributed by atoms with E-state index >= 15 is 0 Å². The fourth-order valence-corrected chi connectivity index (χ4v) is 3.79. The Balaban J connectivity index is 1.72. The third-order valence-corrected chi connectivity index (χ3v) is 6.06. The number of amides is 2. The summed E-state index contributed by atoms with van der Waals surface area (Å²) in [5, 5.41) is 2.49. The van der Waals surface area contributed by atoms with Crippen molar-refractivity contribution in [2.24, 2.45) is 0 Å². The second kappa shape index (κ2) is 9.31. The monoisotopic (exact) mass is 451 g/mol. The van der Waals surface area contributed by atoms with Gasteiger partial charge in [0.05, 0.1) is 30.3 Å². The predicted octanol–water partition coefficient (Wildman–Crippen LogP) is 2.47. The molecule has 2 N–H and O–H groups in total. The summed E-state index contributed by atoms with van der Waals surface area (Å²) in [6.07, 6.45) is -1.85. The second-order valence-corrected chi connectivity index (χ2v) is 8.50. The van der Waals surface area contributed by atoms with Gasteiger partial charge in [-0.2, -0.15) is 0 Å². The zero-order valence-electron chi connectivity index (χ0n) is 16.9. The fourth-order valence-electron chi connectivity index (χ4n) is 3.06. The van der Waals surface area contributed by atoms with E-state index in [1.807, 2.05) is 0 Å². The molecule has 2 aromatic rings. The van der Waals surface area contributed by atoms with Gasteiger partial charge in [0.1, 0.15) is 11.9 Å². The van der Waals surface area contributed by atoms with Gasteiger partial charge >= 0.3 is 12.2 Å². The summed E-state index contributed by atoms with van der Waals surface area (Å²) >= 11 is 0. The molecule has 1 atom stereocenters. The van der Waals surface area contributed by atoms with E-state index in [0.29, 0.717) is 11.3 Å². The molecular formula is C20H22FN3O6S. The molecule has 1 fully saturated rings. The van der Waals surface area contributed by atoms with Crippen LogP contribution in [0.15, 0.2) is 47.4 Å². The molecule has 1 saturated heterocycles. The molecule has 0 bridgehead atoms. The summed E-state index contributed by atoms with van der Waals surface area (Å²) in [5.74, 6) is -0.581. The van der Waals surface area contributed by atoms with Crippen molar-refractivity contribution in [3.8, 4) is 11.1 Å². The van der Waals surface area contributed by atoms with Crippen LogP contribution in [0.1, 0.15) is 6.92 Å². The largest absolute Gasteiger partial charge is 0.450 e. The number of rotatable bonds is 7. The summed E-state index contributed by atoms with van der Waals surface area (Å²) in [6.45, 7) is 2.11. The highest BCUT2D eigenvalue weighted by molar-refractivity contribution is 7.89. The van der Waals surface area contributed by atoms with Crippen molar-refractivity contribution < 1.29 is 31.9 Å². The van der Waals surface area contributed by atoms with Crippen LogP contribution >= 0.6 is 0 Å². The Bertz CT molecular complexity index is 1070. The number of ether oxygens (including phenoxy) is 2. The molecule has 0 unspecified atom stereocenters. The number of halogens is 1. The number of carbonyl (C=O) groups is 2. The molecule has 9 nitrogen and oxygen atoms in total. The van der Waals surface area contributed by atoms with Gasteiger partial charge in [0, 0.05) is 5.56 Å². The van der Waals surface area contributed by atoms with Crippen LogP contribution in [-0.2, 0) is 19.5 Å². The molecule has 2 aromatic carbocycles. The van der Waals surface area contributed by atoms with Gasteiger partial charge in [-0.3, -0.25) is 4.90 Å². The van der Waals surface area contributed by atoms with Crippen molar-refractivity contribution in [3.05, 3.63) is 48.3 Å². The molecule has 1 heterocycles. The van der Waals surface area contributed by atoms with E-state index in [1.54, 1.807) is 13.0 Å². The lowest BCUT2D eigenvalue weighted by Gasteiger charge is -2.15. The number of carbonyl (C=O) groups excluding carboxylic acids is 2. The Morgan fingerprint density at radius 2 is 1.97 bits per heavy atom. The Morgan fingerprint density at radius 1 is 1.26 bits per heavy atom. The van der Waals surface area contributed by atoms with Crippen molar-refractivity contribution in [1.82, 2.24) is 10.0 Å². The molecule has 166 valence electrons. The zero-order chi connectivity index (χ0) is 22.6. The third-order valence-electron chi connectivity index (χ3n) is 4.63. The quantitative estimate of drug-likeness (QED) is 0.669. The summed E-state index contributed by atoms with van der Waals surface area (Å²) in [5.41, 5.74) is 1.05. The van der Waals surface area contributed by atoms with Gasteiger partial charge in [0.15, 0.2) is 0 Å². The molecule has 0 aliphatic carbocycles. The minimum atomic E-state index is -3.59. The maximum atomic E-state index is 14.8. The number of anilines is 1. The Hall–Kier alpha value is -3.18. The zero-order valence-corrected chi connectivity index (χ0v) is 17.7. The van der Waals surface area contributed by atoms with Crippen LogP contribution in [0.3, 0.4) is 0 Å². The topological polar surface area (TPSA) is 114 Å². The maximum Gasteiger partial charge on any atom is 0.414 e. The molecule has 31 heavy (non-hydrogen) atoms. The van der Waals surface area contributed by atoms with E-state index < -0.39 is 34.1 Å². The second-order valence-electron chi connectivity index (χ2n) is 6.61. The molecular weight excluding hydrogens is 429 g/mol. The molecule has 1 aliphatic rings. The number of alkyl carbamates (subject to hydrolysis) is 1. The Kier molecular flexibility index (Phi) is 6.76. The molecule has 0 saturated carbocycles. The highest BCUT2D eigenvalue weighted by Gasteiger charge is 2.33. The number of benzene rings is 2. The molecule has 0 spiro atoms. The smallest absolute Gasteiger partial charge is 0.414 e. The van der Waals surface area contributed by atoms with Gasteiger partial charge in [-0.25, -0.2) is 27.1 Å². The molecule has 11 heteroatoms. The first kappa shape index (κ1) is 22.5. The van der Waals surface area contributed by atoms with Crippen molar-refractivity contribution in [3.63, 3.8) is 0 Å². The summed E-state index contributed by atoms with van der Waals surface area (Å²) in [6, 6.07) is 10.0. The predicted molar refractivity (Wildman–Crippen MR) is 111 cm³/mol. The highest BCUT2D eigenvalue weighted by atomic mass is 32.2. The summed E-state index contributed by atoms with van der Waals surface area (Å²) < 4.78 is 50.6. The molecule has 2 amide bonds. The minimum absolute atomic E-state index is 0.0676. The molecule has 1 aliphatic heterocycles. The minimum Gasteiger partial charge on any atom is -0.450 e.